The van der Waals surface area contributed by atoms with E-state index in [1.165, 1.54) is 17.0 Å². The molecular formula is C19H16N4O3. The minimum Gasteiger partial charge on any atom is -0.494 e. The van der Waals surface area contributed by atoms with Crippen molar-refractivity contribution in [2.24, 2.45) is 0 Å². The molecule has 2 aliphatic rings. The second-order valence-electron chi connectivity index (χ2n) is 7.29. The summed E-state index contributed by atoms with van der Waals surface area (Å²) in [6.45, 7) is 3.87. The molecule has 0 unspecified atom stereocenters. The van der Waals surface area contributed by atoms with Gasteiger partial charge in [0.15, 0.2) is 0 Å². The molecule has 0 spiro atoms. The molecule has 7 heteroatoms. The molecule has 0 radical (unpaired) electrons. The Bertz CT molecular complexity index is 1110. The summed E-state index contributed by atoms with van der Waals surface area (Å²) < 4.78 is 7.51. The Hall–Kier alpha value is -3.11. The van der Waals surface area contributed by atoms with Crippen molar-refractivity contribution in [1.29, 1.82) is 5.26 Å². The lowest BCUT2D eigenvalue weighted by molar-refractivity contribution is -0.0683. The van der Waals surface area contributed by atoms with Crippen molar-refractivity contribution >= 4 is 11.0 Å². The van der Waals surface area contributed by atoms with E-state index in [4.69, 9.17) is 4.74 Å². The number of nitriles is 1. The van der Waals surface area contributed by atoms with Gasteiger partial charge in [0.05, 0.1) is 33.6 Å². The first-order chi connectivity index (χ1) is 12.4. The molecule has 1 fully saturated rings. The Labute approximate surface area is 149 Å². The fourth-order valence-corrected chi connectivity index (χ4v) is 4.52. The summed E-state index contributed by atoms with van der Waals surface area (Å²) >= 11 is 0. The fourth-order valence-electron chi connectivity index (χ4n) is 4.52. The zero-order chi connectivity index (χ0) is 18.3. The third kappa shape index (κ3) is 1.60. The maximum absolute atomic E-state index is 11.0. The van der Waals surface area contributed by atoms with Crippen LogP contribution in [0.5, 0.6) is 11.8 Å². The van der Waals surface area contributed by atoms with Crippen LogP contribution in [0.2, 0.25) is 0 Å². The molecule has 0 amide bonds. The number of aromatic hydroxyl groups is 2. The largest absolute Gasteiger partial charge is 0.494 e. The van der Waals surface area contributed by atoms with E-state index >= 15 is 0 Å². The second-order valence-corrected chi connectivity index (χ2v) is 7.29. The van der Waals surface area contributed by atoms with Gasteiger partial charge in [-0.05, 0) is 38.8 Å². The van der Waals surface area contributed by atoms with Crippen LogP contribution in [0.15, 0.2) is 24.5 Å². The van der Waals surface area contributed by atoms with Gasteiger partial charge < -0.3 is 14.9 Å². The van der Waals surface area contributed by atoms with Crippen molar-refractivity contribution < 1.29 is 14.9 Å². The van der Waals surface area contributed by atoms with Gasteiger partial charge in [-0.15, -0.1) is 0 Å². The van der Waals surface area contributed by atoms with Crippen LogP contribution < -0.4 is 0 Å². The molecule has 7 nitrogen and oxygen atoms in total. The average Bonchev–Trinajstić information content (AvgIpc) is 3.18. The highest BCUT2D eigenvalue weighted by Gasteiger charge is 2.59. The molecular weight excluding hydrogens is 332 g/mol. The van der Waals surface area contributed by atoms with Crippen LogP contribution in [0.1, 0.15) is 43.4 Å². The summed E-state index contributed by atoms with van der Waals surface area (Å²) in [4.78, 5) is 8.58. The Kier molecular flexibility index (Phi) is 2.65. The summed E-state index contributed by atoms with van der Waals surface area (Å²) in [6.07, 6.45) is 4.59. The Balaban J connectivity index is 1.86. The Morgan fingerprint density at radius 2 is 1.62 bits per heavy atom. The summed E-state index contributed by atoms with van der Waals surface area (Å²) in [5.41, 5.74) is 1.75. The molecule has 2 bridgehead atoms. The third-order valence-electron chi connectivity index (χ3n) is 5.67. The standard InChI is InChI=1S/C19H16N4O3/c1-18-5-6-19(2,26-18)13-12(18)16(24)23(17(13)25)11-4-3-10(9-20)14-15(11)22-8-7-21-14/h3-4,7-8,24-25H,5-6H2,1-2H3/t18-,19+. The highest BCUT2D eigenvalue weighted by molar-refractivity contribution is 5.88. The number of ether oxygens (including phenoxy) is 1. The number of nitrogens with zero attached hydrogens (tertiary/aromatic N) is 4. The lowest BCUT2D eigenvalue weighted by Crippen LogP contribution is -2.17. The number of fused-ring (bicyclic) bond motifs is 6. The molecule has 4 heterocycles. The summed E-state index contributed by atoms with van der Waals surface area (Å²) in [5, 5.41) is 31.3. The van der Waals surface area contributed by atoms with Crippen LogP contribution in [0.3, 0.4) is 0 Å². The quantitative estimate of drug-likeness (QED) is 0.700. The van der Waals surface area contributed by atoms with E-state index in [0.29, 0.717) is 33.4 Å². The van der Waals surface area contributed by atoms with E-state index in [2.05, 4.69) is 16.0 Å². The lowest BCUT2D eigenvalue weighted by atomic mass is 9.80. The first-order valence-corrected chi connectivity index (χ1v) is 8.41. The van der Waals surface area contributed by atoms with Crippen LogP contribution in [0.4, 0.5) is 0 Å². The first-order valence-electron chi connectivity index (χ1n) is 8.41. The molecule has 1 aromatic carbocycles. The van der Waals surface area contributed by atoms with Gasteiger partial charge in [-0.2, -0.15) is 5.26 Å². The zero-order valence-electron chi connectivity index (χ0n) is 14.3. The van der Waals surface area contributed by atoms with Crippen molar-refractivity contribution in [1.82, 2.24) is 14.5 Å². The normalized spacial score (nSPS) is 26.2. The zero-order valence-corrected chi connectivity index (χ0v) is 14.3. The van der Waals surface area contributed by atoms with Crippen LogP contribution in [-0.4, -0.2) is 24.7 Å². The molecule has 0 aliphatic carbocycles. The third-order valence-corrected chi connectivity index (χ3v) is 5.67. The van der Waals surface area contributed by atoms with Crippen LogP contribution in [-0.2, 0) is 15.9 Å². The van der Waals surface area contributed by atoms with Crippen molar-refractivity contribution in [3.63, 3.8) is 0 Å². The number of hydrogen-bond donors (Lipinski definition) is 2. The maximum Gasteiger partial charge on any atom is 0.205 e. The van der Waals surface area contributed by atoms with E-state index in [9.17, 15) is 15.5 Å². The molecule has 5 rings (SSSR count). The van der Waals surface area contributed by atoms with E-state index < -0.39 is 11.2 Å². The van der Waals surface area contributed by atoms with Crippen molar-refractivity contribution in [3.8, 4) is 23.5 Å². The van der Waals surface area contributed by atoms with Crippen molar-refractivity contribution in [3.05, 3.63) is 41.2 Å². The smallest absolute Gasteiger partial charge is 0.205 e. The number of benzene rings is 1. The minimum absolute atomic E-state index is 0.0555. The van der Waals surface area contributed by atoms with Crippen LogP contribution in [0, 0.1) is 11.3 Å². The number of hydrogen-bond acceptors (Lipinski definition) is 6. The summed E-state index contributed by atoms with van der Waals surface area (Å²) in [5.74, 6) is -0.111. The van der Waals surface area contributed by atoms with Gasteiger partial charge in [-0.3, -0.25) is 9.97 Å². The van der Waals surface area contributed by atoms with Crippen molar-refractivity contribution in [2.45, 2.75) is 37.9 Å². The number of aromatic nitrogens is 3. The van der Waals surface area contributed by atoms with Crippen molar-refractivity contribution in [2.75, 3.05) is 0 Å². The summed E-state index contributed by atoms with van der Waals surface area (Å²) in [6, 6.07) is 5.38. The Morgan fingerprint density at radius 1 is 1.04 bits per heavy atom. The van der Waals surface area contributed by atoms with Gasteiger partial charge in [-0.1, -0.05) is 0 Å². The molecule has 2 aliphatic heterocycles. The van der Waals surface area contributed by atoms with Crippen LogP contribution >= 0.6 is 0 Å². The van der Waals surface area contributed by atoms with Gasteiger partial charge in [0.1, 0.15) is 17.1 Å². The molecule has 26 heavy (non-hydrogen) atoms. The Morgan fingerprint density at radius 3 is 2.19 bits per heavy atom. The fraction of sp³-hybridized carbons (Fsp3) is 0.316. The van der Waals surface area contributed by atoms with E-state index in [-0.39, 0.29) is 11.8 Å². The van der Waals surface area contributed by atoms with Gasteiger partial charge >= 0.3 is 0 Å². The van der Waals surface area contributed by atoms with Gasteiger partial charge in [0.2, 0.25) is 11.8 Å². The topological polar surface area (TPSA) is 104 Å². The molecule has 2 aromatic heterocycles. The second kappa shape index (κ2) is 4.54. The monoisotopic (exact) mass is 348 g/mol. The highest BCUT2D eigenvalue weighted by atomic mass is 16.5. The molecule has 130 valence electrons. The van der Waals surface area contributed by atoms with E-state index in [0.717, 1.165) is 12.8 Å². The maximum atomic E-state index is 11.0. The van der Waals surface area contributed by atoms with Crippen LogP contribution in [0.25, 0.3) is 16.7 Å². The number of rotatable bonds is 1. The van der Waals surface area contributed by atoms with Gasteiger partial charge in [0.25, 0.3) is 0 Å². The van der Waals surface area contributed by atoms with Gasteiger partial charge in [0, 0.05) is 12.4 Å². The molecule has 2 atom stereocenters. The summed E-state index contributed by atoms with van der Waals surface area (Å²) in [7, 11) is 0. The predicted octanol–water partition coefficient (Wildman–Crippen LogP) is 2.96. The minimum atomic E-state index is -0.620. The predicted molar refractivity (Wildman–Crippen MR) is 91.9 cm³/mol. The average molecular weight is 348 g/mol. The molecule has 3 aromatic rings. The SMILES string of the molecule is C[C@]12CC[C@](C)(O1)c1c2c(O)n(-c2ccc(C#N)c3nccnc23)c1O. The molecule has 0 saturated carbocycles. The lowest BCUT2D eigenvalue weighted by Gasteiger charge is -2.21. The first kappa shape index (κ1) is 15.2. The molecule has 1 saturated heterocycles. The van der Waals surface area contributed by atoms with E-state index in [1.54, 1.807) is 12.1 Å². The van der Waals surface area contributed by atoms with Gasteiger partial charge in [-0.25, -0.2) is 4.57 Å². The molecule has 2 N–H and O–H groups in total. The van der Waals surface area contributed by atoms with E-state index in [1.807, 2.05) is 13.8 Å². The highest BCUT2D eigenvalue weighted by Crippen LogP contribution is 2.64.